The lowest BCUT2D eigenvalue weighted by atomic mass is 10.1. The molecule has 0 aromatic carbocycles. The highest BCUT2D eigenvalue weighted by atomic mass is 16.2. The Labute approximate surface area is 125 Å². The molecule has 21 heavy (non-hydrogen) atoms. The first-order chi connectivity index (χ1) is 9.99. The minimum absolute atomic E-state index is 0.0533. The van der Waals surface area contributed by atoms with Gasteiger partial charge in [0, 0.05) is 52.0 Å². The number of amides is 3. The molecule has 2 aliphatic rings. The van der Waals surface area contributed by atoms with E-state index in [0.717, 1.165) is 12.8 Å². The second-order valence-corrected chi connectivity index (χ2v) is 6.05. The van der Waals surface area contributed by atoms with Crippen LogP contribution in [0, 0.1) is 11.8 Å². The molecule has 1 N–H and O–H groups in total. The highest BCUT2D eigenvalue weighted by Crippen LogP contribution is 2.36. The maximum absolute atomic E-state index is 12.0. The SMILES string of the molecule is CC(=O)N1CCN(C(=O)CCNC(=O)C(C)C2CC2)CC1. The number of nitrogens with zero attached hydrogens (tertiary/aromatic N) is 2. The van der Waals surface area contributed by atoms with Crippen molar-refractivity contribution in [2.45, 2.75) is 33.1 Å². The third-order valence-electron chi connectivity index (χ3n) is 4.46. The maximum atomic E-state index is 12.0. The standard InChI is InChI=1S/C15H25N3O3/c1-11(13-3-4-13)15(21)16-6-5-14(20)18-9-7-17(8-10-18)12(2)19/h11,13H,3-10H2,1-2H3,(H,16,21). The number of nitrogens with one attached hydrogen (secondary N) is 1. The zero-order valence-electron chi connectivity index (χ0n) is 12.9. The van der Waals surface area contributed by atoms with Crippen molar-refractivity contribution in [3.8, 4) is 0 Å². The first-order valence-corrected chi connectivity index (χ1v) is 7.80. The number of rotatable bonds is 5. The molecular weight excluding hydrogens is 270 g/mol. The number of carbonyl (C=O) groups is 3. The van der Waals surface area contributed by atoms with E-state index >= 15 is 0 Å². The van der Waals surface area contributed by atoms with E-state index in [9.17, 15) is 14.4 Å². The summed E-state index contributed by atoms with van der Waals surface area (Å²) in [4.78, 5) is 38.6. The van der Waals surface area contributed by atoms with Gasteiger partial charge in [0.25, 0.3) is 0 Å². The number of carbonyl (C=O) groups excluding carboxylic acids is 3. The minimum Gasteiger partial charge on any atom is -0.355 e. The van der Waals surface area contributed by atoms with E-state index in [2.05, 4.69) is 5.32 Å². The molecule has 0 radical (unpaired) electrons. The molecule has 0 bridgehead atoms. The zero-order valence-corrected chi connectivity index (χ0v) is 12.9. The number of hydrogen-bond acceptors (Lipinski definition) is 3. The van der Waals surface area contributed by atoms with E-state index in [4.69, 9.17) is 0 Å². The van der Waals surface area contributed by atoms with E-state index in [1.165, 1.54) is 0 Å². The Morgan fingerprint density at radius 3 is 2.19 bits per heavy atom. The molecular formula is C15H25N3O3. The van der Waals surface area contributed by atoms with Gasteiger partial charge in [-0.3, -0.25) is 14.4 Å². The van der Waals surface area contributed by atoms with Gasteiger partial charge in [-0.1, -0.05) is 6.92 Å². The summed E-state index contributed by atoms with van der Waals surface area (Å²) in [5, 5.41) is 2.85. The van der Waals surface area contributed by atoms with E-state index in [0.29, 0.717) is 45.1 Å². The maximum Gasteiger partial charge on any atom is 0.224 e. The fourth-order valence-electron chi connectivity index (χ4n) is 2.69. The van der Waals surface area contributed by atoms with Crippen molar-refractivity contribution in [3.05, 3.63) is 0 Å². The topological polar surface area (TPSA) is 69.7 Å². The Morgan fingerprint density at radius 1 is 1.10 bits per heavy atom. The molecule has 1 saturated carbocycles. The van der Waals surface area contributed by atoms with Gasteiger partial charge >= 0.3 is 0 Å². The van der Waals surface area contributed by atoms with Crippen LogP contribution in [-0.4, -0.2) is 60.2 Å². The molecule has 3 amide bonds. The first kappa shape index (κ1) is 15.8. The van der Waals surface area contributed by atoms with Gasteiger partial charge in [-0.25, -0.2) is 0 Å². The van der Waals surface area contributed by atoms with Crippen molar-refractivity contribution >= 4 is 17.7 Å². The van der Waals surface area contributed by atoms with Crippen LogP contribution in [0.25, 0.3) is 0 Å². The van der Waals surface area contributed by atoms with Crippen LogP contribution in [0.3, 0.4) is 0 Å². The molecule has 0 aromatic heterocycles. The summed E-state index contributed by atoms with van der Waals surface area (Å²) in [5.74, 6) is 0.785. The van der Waals surface area contributed by atoms with Gasteiger partial charge in [-0.2, -0.15) is 0 Å². The average molecular weight is 295 g/mol. The second kappa shape index (κ2) is 6.91. The highest BCUT2D eigenvalue weighted by Gasteiger charge is 2.32. The van der Waals surface area contributed by atoms with Crippen LogP contribution in [0.4, 0.5) is 0 Å². The van der Waals surface area contributed by atoms with E-state index in [-0.39, 0.29) is 23.6 Å². The van der Waals surface area contributed by atoms with Crippen LogP contribution < -0.4 is 5.32 Å². The fourth-order valence-corrected chi connectivity index (χ4v) is 2.69. The molecule has 1 atom stereocenters. The van der Waals surface area contributed by atoms with Crippen LogP contribution in [0.5, 0.6) is 0 Å². The lowest BCUT2D eigenvalue weighted by Gasteiger charge is -2.34. The molecule has 2 fully saturated rings. The van der Waals surface area contributed by atoms with Crippen molar-refractivity contribution in [1.82, 2.24) is 15.1 Å². The zero-order chi connectivity index (χ0) is 15.4. The lowest BCUT2D eigenvalue weighted by molar-refractivity contribution is -0.138. The number of hydrogen-bond donors (Lipinski definition) is 1. The Bertz CT molecular complexity index is 412. The van der Waals surface area contributed by atoms with Crippen LogP contribution in [0.15, 0.2) is 0 Å². The Kier molecular flexibility index (Phi) is 5.20. The van der Waals surface area contributed by atoms with Crippen molar-refractivity contribution in [3.63, 3.8) is 0 Å². The fraction of sp³-hybridized carbons (Fsp3) is 0.800. The summed E-state index contributed by atoms with van der Waals surface area (Å²) in [6.07, 6.45) is 2.63. The van der Waals surface area contributed by atoms with E-state index in [1.54, 1.807) is 16.7 Å². The van der Waals surface area contributed by atoms with Crippen LogP contribution in [0.1, 0.15) is 33.1 Å². The predicted octanol–water partition coefficient (Wildman–Crippen LogP) is 0.230. The summed E-state index contributed by atoms with van der Waals surface area (Å²) < 4.78 is 0. The molecule has 1 aliphatic carbocycles. The summed E-state index contributed by atoms with van der Waals surface area (Å²) in [7, 11) is 0. The van der Waals surface area contributed by atoms with Gasteiger partial charge < -0.3 is 15.1 Å². The molecule has 1 aliphatic heterocycles. The molecule has 6 nitrogen and oxygen atoms in total. The second-order valence-electron chi connectivity index (χ2n) is 6.05. The molecule has 2 rings (SSSR count). The molecule has 1 saturated heterocycles. The highest BCUT2D eigenvalue weighted by molar-refractivity contribution is 5.81. The summed E-state index contributed by atoms with van der Waals surface area (Å²) >= 11 is 0. The lowest BCUT2D eigenvalue weighted by Crippen LogP contribution is -2.50. The Balaban J connectivity index is 1.63. The quantitative estimate of drug-likeness (QED) is 0.789. The molecule has 118 valence electrons. The molecule has 6 heteroatoms. The molecule has 0 aromatic rings. The molecule has 1 unspecified atom stereocenters. The normalized spacial score (nSPS) is 20.1. The van der Waals surface area contributed by atoms with Crippen molar-refractivity contribution in [2.75, 3.05) is 32.7 Å². The summed E-state index contributed by atoms with van der Waals surface area (Å²) in [5.41, 5.74) is 0. The predicted molar refractivity (Wildman–Crippen MR) is 78.3 cm³/mol. The van der Waals surface area contributed by atoms with Crippen molar-refractivity contribution in [2.24, 2.45) is 11.8 Å². The van der Waals surface area contributed by atoms with Gasteiger partial charge in [0.2, 0.25) is 17.7 Å². The molecule has 1 heterocycles. The van der Waals surface area contributed by atoms with E-state index in [1.807, 2.05) is 6.92 Å². The van der Waals surface area contributed by atoms with E-state index < -0.39 is 0 Å². The van der Waals surface area contributed by atoms with Crippen molar-refractivity contribution < 1.29 is 14.4 Å². The van der Waals surface area contributed by atoms with Gasteiger partial charge in [0.15, 0.2) is 0 Å². The molecule has 0 spiro atoms. The first-order valence-electron chi connectivity index (χ1n) is 7.80. The average Bonchev–Trinajstić information content (AvgIpc) is 3.30. The van der Waals surface area contributed by atoms with Gasteiger partial charge in [0.1, 0.15) is 0 Å². The third-order valence-corrected chi connectivity index (χ3v) is 4.46. The Hall–Kier alpha value is -1.59. The Morgan fingerprint density at radius 2 is 1.67 bits per heavy atom. The summed E-state index contributed by atoms with van der Waals surface area (Å²) in [6.45, 7) is 6.29. The number of piperazine rings is 1. The van der Waals surface area contributed by atoms with Crippen LogP contribution in [-0.2, 0) is 14.4 Å². The third kappa shape index (κ3) is 4.44. The van der Waals surface area contributed by atoms with Gasteiger partial charge in [-0.15, -0.1) is 0 Å². The largest absolute Gasteiger partial charge is 0.355 e. The monoisotopic (exact) mass is 295 g/mol. The summed E-state index contributed by atoms with van der Waals surface area (Å²) in [6, 6.07) is 0. The van der Waals surface area contributed by atoms with Gasteiger partial charge in [0.05, 0.1) is 0 Å². The van der Waals surface area contributed by atoms with Crippen LogP contribution >= 0.6 is 0 Å². The van der Waals surface area contributed by atoms with Gasteiger partial charge in [-0.05, 0) is 18.8 Å². The van der Waals surface area contributed by atoms with Crippen LogP contribution in [0.2, 0.25) is 0 Å². The minimum atomic E-state index is 0.0533. The van der Waals surface area contributed by atoms with Crippen molar-refractivity contribution in [1.29, 1.82) is 0 Å². The smallest absolute Gasteiger partial charge is 0.224 e.